The number of rotatable bonds is 5. The highest BCUT2D eigenvalue weighted by molar-refractivity contribution is 9.10. The highest BCUT2D eigenvalue weighted by Gasteiger charge is 2.29. The van der Waals surface area contributed by atoms with Gasteiger partial charge in [-0.1, -0.05) is 15.9 Å². The van der Waals surface area contributed by atoms with Gasteiger partial charge >= 0.3 is 0 Å². The van der Waals surface area contributed by atoms with Gasteiger partial charge in [-0.05, 0) is 79.1 Å². The van der Waals surface area contributed by atoms with Crippen molar-refractivity contribution >= 4 is 31.3 Å². The first-order valence-corrected chi connectivity index (χ1v) is 12.0. The molecule has 0 aliphatic heterocycles. The molecule has 1 aliphatic rings. The van der Waals surface area contributed by atoms with Crippen LogP contribution < -0.4 is 0 Å². The van der Waals surface area contributed by atoms with Gasteiger partial charge in [0.15, 0.2) is 14.9 Å². The van der Waals surface area contributed by atoms with Crippen LogP contribution in [0.3, 0.4) is 0 Å². The molecule has 29 heavy (non-hydrogen) atoms. The Balaban J connectivity index is 1.90. The number of allylic oxidation sites excluding steroid dienone is 2. The monoisotopic (exact) mass is 474 g/mol. The maximum Gasteiger partial charge on any atom is 0.194 e. The van der Waals surface area contributed by atoms with E-state index >= 15 is 0 Å². The van der Waals surface area contributed by atoms with Crippen LogP contribution in [0.25, 0.3) is 5.57 Å². The van der Waals surface area contributed by atoms with Crippen molar-refractivity contribution in [3.63, 3.8) is 0 Å². The molecule has 0 saturated carbocycles. The van der Waals surface area contributed by atoms with Crippen LogP contribution in [0.2, 0.25) is 0 Å². The molecule has 1 aromatic carbocycles. The topological polar surface area (TPSA) is 80.0 Å². The molecule has 1 heterocycles. The number of hydrogen-bond donors (Lipinski definition) is 0. The number of methoxy groups -OCH3 is 1. The SMILES string of the molecule is COC1=C(c2c(C)cc(Br)cc2C)CC(Cc2ccc(C#N)c(S(C)(=O)=O)n2)C1. The molecule has 1 unspecified atom stereocenters. The molecule has 5 nitrogen and oxygen atoms in total. The lowest BCUT2D eigenvalue weighted by Crippen LogP contribution is -2.09. The Morgan fingerprint density at radius 3 is 2.45 bits per heavy atom. The first-order chi connectivity index (χ1) is 13.6. The van der Waals surface area contributed by atoms with Crippen molar-refractivity contribution in [1.29, 1.82) is 5.26 Å². The highest BCUT2D eigenvalue weighted by atomic mass is 79.9. The summed E-state index contributed by atoms with van der Waals surface area (Å²) in [5.41, 5.74) is 5.57. The van der Waals surface area contributed by atoms with E-state index in [4.69, 9.17) is 4.74 Å². The van der Waals surface area contributed by atoms with Crippen LogP contribution in [0.15, 0.2) is 39.5 Å². The Hall–Kier alpha value is -2.17. The number of pyridine rings is 1. The van der Waals surface area contributed by atoms with Crippen molar-refractivity contribution in [3.8, 4) is 6.07 Å². The molecule has 1 aromatic heterocycles. The summed E-state index contributed by atoms with van der Waals surface area (Å²) >= 11 is 3.55. The molecule has 0 N–H and O–H groups in total. The van der Waals surface area contributed by atoms with Crippen LogP contribution in [0, 0.1) is 31.1 Å². The van der Waals surface area contributed by atoms with E-state index in [9.17, 15) is 13.7 Å². The molecule has 1 aliphatic carbocycles. The van der Waals surface area contributed by atoms with Gasteiger partial charge in [-0.25, -0.2) is 13.4 Å². The van der Waals surface area contributed by atoms with Crippen LogP contribution in [-0.2, 0) is 21.0 Å². The zero-order valence-corrected chi connectivity index (χ0v) is 19.3. The smallest absolute Gasteiger partial charge is 0.194 e. The summed E-state index contributed by atoms with van der Waals surface area (Å²) in [4.78, 5) is 4.30. The Bertz CT molecular complexity index is 1120. The average molecular weight is 475 g/mol. The van der Waals surface area contributed by atoms with Gasteiger partial charge < -0.3 is 4.74 Å². The van der Waals surface area contributed by atoms with Crippen LogP contribution in [0.5, 0.6) is 0 Å². The van der Waals surface area contributed by atoms with Gasteiger partial charge in [0, 0.05) is 22.8 Å². The summed E-state index contributed by atoms with van der Waals surface area (Å²) in [6, 6.07) is 9.41. The molecular weight excluding hydrogens is 452 g/mol. The normalized spacial score (nSPS) is 16.8. The predicted octanol–water partition coefficient (Wildman–Crippen LogP) is 4.75. The molecule has 2 aromatic rings. The number of nitrogens with zero attached hydrogens (tertiary/aromatic N) is 2. The Morgan fingerprint density at radius 2 is 1.90 bits per heavy atom. The van der Waals surface area contributed by atoms with Crippen LogP contribution >= 0.6 is 15.9 Å². The third-order valence-electron chi connectivity index (χ3n) is 5.24. The van der Waals surface area contributed by atoms with Crippen LogP contribution in [-0.4, -0.2) is 26.8 Å². The summed E-state index contributed by atoms with van der Waals surface area (Å²) in [6.07, 6.45) is 3.32. The fourth-order valence-electron chi connectivity index (χ4n) is 4.10. The van der Waals surface area contributed by atoms with Gasteiger partial charge in [0.1, 0.15) is 6.07 Å². The number of aryl methyl sites for hydroxylation is 2. The Labute approximate surface area is 180 Å². The van der Waals surface area contributed by atoms with Crippen LogP contribution in [0.4, 0.5) is 0 Å². The van der Waals surface area contributed by atoms with E-state index in [-0.39, 0.29) is 16.5 Å². The fourth-order valence-corrected chi connectivity index (χ4v) is 5.58. The Kier molecular flexibility index (Phi) is 6.16. The molecular formula is C22H23BrN2O3S. The van der Waals surface area contributed by atoms with E-state index in [0.717, 1.165) is 29.3 Å². The van der Waals surface area contributed by atoms with Crippen molar-refractivity contribution in [1.82, 2.24) is 4.98 Å². The number of aromatic nitrogens is 1. The third-order valence-corrected chi connectivity index (χ3v) is 6.71. The summed E-state index contributed by atoms with van der Waals surface area (Å²) in [5.74, 6) is 1.23. The minimum Gasteiger partial charge on any atom is -0.501 e. The first-order valence-electron chi connectivity index (χ1n) is 9.27. The molecule has 1 atom stereocenters. The zero-order chi connectivity index (χ0) is 21.3. The summed E-state index contributed by atoms with van der Waals surface area (Å²) in [6.45, 7) is 4.20. The van der Waals surface area contributed by atoms with Crippen molar-refractivity contribution < 1.29 is 13.2 Å². The predicted molar refractivity (Wildman–Crippen MR) is 116 cm³/mol. The molecule has 152 valence electrons. The van der Waals surface area contributed by atoms with E-state index in [0.29, 0.717) is 12.1 Å². The van der Waals surface area contributed by atoms with E-state index in [1.807, 2.05) is 6.07 Å². The lowest BCUT2D eigenvalue weighted by molar-refractivity contribution is 0.274. The van der Waals surface area contributed by atoms with E-state index < -0.39 is 9.84 Å². The second-order valence-electron chi connectivity index (χ2n) is 7.54. The van der Waals surface area contributed by atoms with Crippen LogP contribution in [0.1, 0.15) is 40.8 Å². The largest absolute Gasteiger partial charge is 0.501 e. The first kappa shape index (κ1) is 21.5. The van der Waals surface area contributed by atoms with Gasteiger partial charge in [0.05, 0.1) is 18.4 Å². The lowest BCUT2D eigenvalue weighted by Gasteiger charge is -2.14. The lowest BCUT2D eigenvalue weighted by atomic mass is 9.92. The quantitative estimate of drug-likeness (QED) is 0.624. The average Bonchev–Trinajstić information content (AvgIpc) is 3.02. The number of hydrogen-bond acceptors (Lipinski definition) is 5. The maximum absolute atomic E-state index is 12.0. The summed E-state index contributed by atoms with van der Waals surface area (Å²) in [5, 5.41) is 9.03. The van der Waals surface area contributed by atoms with E-state index in [2.05, 4.69) is 46.9 Å². The van der Waals surface area contributed by atoms with Crippen molar-refractivity contribution in [2.24, 2.45) is 5.92 Å². The minimum absolute atomic E-state index is 0.0835. The van der Waals surface area contributed by atoms with E-state index in [1.165, 1.54) is 22.3 Å². The third kappa shape index (κ3) is 4.54. The van der Waals surface area contributed by atoms with E-state index in [1.54, 1.807) is 19.2 Å². The zero-order valence-electron chi connectivity index (χ0n) is 16.9. The second-order valence-corrected chi connectivity index (χ2v) is 10.4. The molecule has 0 radical (unpaired) electrons. The number of nitriles is 1. The van der Waals surface area contributed by atoms with Gasteiger partial charge in [0.25, 0.3) is 0 Å². The highest BCUT2D eigenvalue weighted by Crippen LogP contribution is 2.42. The number of ether oxygens (including phenoxy) is 1. The number of sulfone groups is 1. The van der Waals surface area contributed by atoms with Gasteiger partial charge in [0.2, 0.25) is 0 Å². The molecule has 3 rings (SSSR count). The fraction of sp³-hybridized carbons (Fsp3) is 0.364. The molecule has 0 amide bonds. The van der Waals surface area contributed by atoms with Crippen molar-refractivity contribution in [2.75, 3.05) is 13.4 Å². The minimum atomic E-state index is -3.56. The number of benzene rings is 1. The van der Waals surface area contributed by atoms with Gasteiger partial charge in [-0.2, -0.15) is 5.26 Å². The Morgan fingerprint density at radius 1 is 1.24 bits per heavy atom. The molecule has 0 fully saturated rings. The maximum atomic E-state index is 12.0. The summed E-state index contributed by atoms with van der Waals surface area (Å²) in [7, 11) is -1.86. The van der Waals surface area contributed by atoms with Gasteiger partial charge in [-0.15, -0.1) is 0 Å². The standard InChI is InChI=1S/C22H23BrN2O3S/c1-13-7-17(23)8-14(2)21(13)19-10-15(11-20(19)28-3)9-18-6-5-16(12-24)22(25-18)29(4,26)27/h5-8,15H,9-11H2,1-4H3. The molecule has 7 heteroatoms. The van der Waals surface area contributed by atoms with Crippen molar-refractivity contribution in [2.45, 2.75) is 38.1 Å². The molecule has 0 bridgehead atoms. The molecule has 0 spiro atoms. The second kappa shape index (κ2) is 8.29. The molecule has 0 saturated heterocycles. The van der Waals surface area contributed by atoms with Crippen molar-refractivity contribution in [3.05, 3.63) is 62.4 Å². The summed E-state index contributed by atoms with van der Waals surface area (Å²) < 4.78 is 30.8. The van der Waals surface area contributed by atoms with Gasteiger partial charge in [-0.3, -0.25) is 0 Å². The number of halogens is 1.